The van der Waals surface area contributed by atoms with E-state index < -0.39 is 6.04 Å². The molecule has 5 nitrogen and oxygen atoms in total. The molecule has 0 aliphatic carbocycles. The van der Waals surface area contributed by atoms with E-state index >= 15 is 0 Å². The van der Waals surface area contributed by atoms with E-state index in [1.165, 1.54) is 0 Å². The van der Waals surface area contributed by atoms with E-state index in [4.69, 9.17) is 10.5 Å². The number of phenolic OH excluding ortho intramolecular Hbond substituents is 1. The van der Waals surface area contributed by atoms with Crippen LogP contribution in [0.2, 0.25) is 0 Å². The molecule has 0 fully saturated rings. The minimum absolute atomic E-state index is 0.160. The summed E-state index contributed by atoms with van der Waals surface area (Å²) in [7, 11) is 0. The van der Waals surface area contributed by atoms with Gasteiger partial charge in [-0.1, -0.05) is 37.6 Å². The van der Waals surface area contributed by atoms with Crippen LogP contribution >= 0.6 is 0 Å². The van der Waals surface area contributed by atoms with Crippen LogP contribution in [-0.4, -0.2) is 30.2 Å². The molecule has 0 aliphatic heterocycles. The van der Waals surface area contributed by atoms with Gasteiger partial charge >= 0.3 is 0 Å². The molecule has 0 aromatic heterocycles. The van der Waals surface area contributed by atoms with Gasteiger partial charge in [0.2, 0.25) is 5.91 Å². The van der Waals surface area contributed by atoms with Crippen molar-refractivity contribution in [2.75, 3.05) is 13.2 Å². The molecule has 26 heavy (non-hydrogen) atoms. The fourth-order valence-corrected chi connectivity index (χ4v) is 2.53. The van der Waals surface area contributed by atoms with Gasteiger partial charge in [-0.15, -0.1) is 0 Å². The number of unbranched alkanes of at least 4 members (excludes halogenated alkanes) is 1. The van der Waals surface area contributed by atoms with Gasteiger partial charge in [-0.05, 0) is 54.7 Å². The van der Waals surface area contributed by atoms with Gasteiger partial charge in [-0.2, -0.15) is 0 Å². The molecular weight excluding hydrogens is 328 g/mol. The molecular formula is C21H28N2O3. The Hall–Kier alpha value is -2.53. The van der Waals surface area contributed by atoms with Gasteiger partial charge in [0.05, 0.1) is 12.6 Å². The zero-order valence-electron chi connectivity index (χ0n) is 15.3. The zero-order valence-corrected chi connectivity index (χ0v) is 15.3. The van der Waals surface area contributed by atoms with E-state index in [9.17, 15) is 9.90 Å². The van der Waals surface area contributed by atoms with Gasteiger partial charge in [0, 0.05) is 6.54 Å². The predicted octanol–water partition coefficient (Wildman–Crippen LogP) is 2.80. The number of hydrogen-bond donors (Lipinski definition) is 3. The van der Waals surface area contributed by atoms with Crippen LogP contribution < -0.4 is 15.8 Å². The van der Waals surface area contributed by atoms with Gasteiger partial charge in [-0.3, -0.25) is 4.79 Å². The van der Waals surface area contributed by atoms with Crippen LogP contribution in [0.15, 0.2) is 48.5 Å². The second-order valence-corrected chi connectivity index (χ2v) is 6.36. The molecule has 2 aromatic rings. The lowest BCUT2D eigenvalue weighted by Crippen LogP contribution is -2.42. The van der Waals surface area contributed by atoms with E-state index in [0.29, 0.717) is 19.4 Å². The number of hydrogen-bond acceptors (Lipinski definition) is 4. The number of nitrogens with two attached hydrogens (primary N) is 1. The van der Waals surface area contributed by atoms with Crippen molar-refractivity contribution in [1.29, 1.82) is 0 Å². The monoisotopic (exact) mass is 356 g/mol. The number of amides is 1. The van der Waals surface area contributed by atoms with Crippen molar-refractivity contribution in [3.05, 3.63) is 59.7 Å². The molecule has 5 heteroatoms. The maximum Gasteiger partial charge on any atom is 0.237 e. The van der Waals surface area contributed by atoms with Crippen molar-refractivity contribution in [3.8, 4) is 11.5 Å². The summed E-state index contributed by atoms with van der Waals surface area (Å²) < 4.78 is 5.63. The average molecular weight is 356 g/mol. The second-order valence-electron chi connectivity index (χ2n) is 6.36. The van der Waals surface area contributed by atoms with Gasteiger partial charge in [0.15, 0.2) is 0 Å². The first-order valence-electron chi connectivity index (χ1n) is 9.11. The van der Waals surface area contributed by atoms with E-state index in [-0.39, 0.29) is 11.7 Å². The fourth-order valence-electron chi connectivity index (χ4n) is 2.53. The summed E-state index contributed by atoms with van der Waals surface area (Å²) in [5.74, 6) is 0.919. The smallest absolute Gasteiger partial charge is 0.237 e. The van der Waals surface area contributed by atoms with Crippen LogP contribution in [0.5, 0.6) is 11.5 Å². The van der Waals surface area contributed by atoms with Crippen LogP contribution in [0.3, 0.4) is 0 Å². The van der Waals surface area contributed by atoms with Crippen LogP contribution in [0.1, 0.15) is 30.9 Å². The predicted molar refractivity (Wildman–Crippen MR) is 103 cm³/mol. The first-order chi connectivity index (χ1) is 12.6. The average Bonchev–Trinajstić information content (AvgIpc) is 2.65. The van der Waals surface area contributed by atoms with Crippen LogP contribution in [0.4, 0.5) is 0 Å². The van der Waals surface area contributed by atoms with Crippen molar-refractivity contribution in [3.63, 3.8) is 0 Å². The number of aromatic hydroxyl groups is 1. The lowest BCUT2D eigenvalue weighted by molar-refractivity contribution is -0.122. The maximum absolute atomic E-state index is 12.1. The highest BCUT2D eigenvalue weighted by molar-refractivity contribution is 5.81. The Kier molecular flexibility index (Phi) is 7.96. The highest BCUT2D eigenvalue weighted by atomic mass is 16.5. The normalized spacial score (nSPS) is 11.8. The van der Waals surface area contributed by atoms with E-state index in [1.807, 2.05) is 36.4 Å². The number of benzene rings is 2. The molecule has 0 saturated heterocycles. The van der Waals surface area contributed by atoms with E-state index in [1.54, 1.807) is 12.1 Å². The highest BCUT2D eigenvalue weighted by Crippen LogP contribution is 2.14. The lowest BCUT2D eigenvalue weighted by Gasteiger charge is -2.13. The number of nitrogens with one attached hydrogen (secondary N) is 1. The molecule has 0 heterocycles. The number of carbonyl (C=O) groups is 1. The van der Waals surface area contributed by atoms with Crippen LogP contribution in [0.25, 0.3) is 0 Å². The first kappa shape index (κ1) is 19.8. The van der Waals surface area contributed by atoms with Crippen LogP contribution in [0, 0.1) is 0 Å². The van der Waals surface area contributed by atoms with Gasteiger partial charge in [0.1, 0.15) is 11.5 Å². The summed E-state index contributed by atoms with van der Waals surface area (Å²) in [6.07, 6.45) is 3.33. The van der Waals surface area contributed by atoms with Crippen molar-refractivity contribution >= 4 is 5.91 Å². The number of rotatable bonds is 10. The molecule has 2 rings (SSSR count). The van der Waals surface area contributed by atoms with Crippen molar-refractivity contribution < 1.29 is 14.6 Å². The Labute approximate surface area is 155 Å². The highest BCUT2D eigenvalue weighted by Gasteiger charge is 2.13. The molecule has 1 amide bonds. The standard InChI is InChI=1S/C21H28N2O3/c1-2-3-14-26-19-10-6-17(7-11-19)15-20(22)21(25)23-13-12-16-4-8-18(24)9-5-16/h4-11,20,24H,2-3,12-15,22H2,1H3,(H,23,25)/t20-/m0/s1. The van der Waals surface area contributed by atoms with E-state index in [0.717, 1.165) is 36.3 Å². The van der Waals surface area contributed by atoms with Crippen molar-refractivity contribution in [1.82, 2.24) is 5.32 Å². The van der Waals surface area contributed by atoms with Crippen LogP contribution in [-0.2, 0) is 17.6 Å². The van der Waals surface area contributed by atoms with Gasteiger partial charge in [-0.25, -0.2) is 0 Å². The second kappa shape index (κ2) is 10.5. The Morgan fingerprint density at radius 2 is 1.77 bits per heavy atom. The quantitative estimate of drug-likeness (QED) is 0.572. The lowest BCUT2D eigenvalue weighted by atomic mass is 10.1. The summed E-state index contributed by atoms with van der Waals surface area (Å²) in [5.41, 5.74) is 8.07. The summed E-state index contributed by atoms with van der Waals surface area (Å²) in [5, 5.41) is 12.1. The Balaban J connectivity index is 1.73. The molecule has 2 aromatic carbocycles. The van der Waals surface area contributed by atoms with Crippen molar-refractivity contribution in [2.24, 2.45) is 5.73 Å². The molecule has 1 atom stereocenters. The third kappa shape index (κ3) is 6.76. The van der Waals surface area contributed by atoms with Crippen molar-refractivity contribution in [2.45, 2.75) is 38.6 Å². The third-order valence-corrected chi connectivity index (χ3v) is 4.13. The molecule has 0 aliphatic rings. The fraction of sp³-hybridized carbons (Fsp3) is 0.381. The topological polar surface area (TPSA) is 84.6 Å². The largest absolute Gasteiger partial charge is 0.508 e. The number of phenols is 1. The Morgan fingerprint density at radius 1 is 1.12 bits per heavy atom. The number of ether oxygens (including phenoxy) is 1. The molecule has 140 valence electrons. The summed E-state index contributed by atoms with van der Waals surface area (Å²) >= 11 is 0. The Bertz CT molecular complexity index is 669. The molecule has 0 spiro atoms. The molecule has 0 bridgehead atoms. The zero-order chi connectivity index (χ0) is 18.8. The Morgan fingerprint density at radius 3 is 2.42 bits per heavy atom. The van der Waals surface area contributed by atoms with Gasteiger partial charge < -0.3 is 20.9 Å². The minimum Gasteiger partial charge on any atom is -0.508 e. The first-order valence-corrected chi connectivity index (χ1v) is 9.11. The SMILES string of the molecule is CCCCOc1ccc(C[C@H](N)C(=O)NCCc2ccc(O)cc2)cc1. The third-order valence-electron chi connectivity index (χ3n) is 4.13. The summed E-state index contributed by atoms with van der Waals surface area (Å²) in [6.45, 7) is 3.36. The van der Waals surface area contributed by atoms with E-state index in [2.05, 4.69) is 12.2 Å². The molecule has 4 N–H and O–H groups in total. The minimum atomic E-state index is -0.582. The summed E-state index contributed by atoms with van der Waals surface area (Å²) in [6, 6.07) is 14.1. The molecule has 0 unspecified atom stereocenters. The van der Waals surface area contributed by atoms with Gasteiger partial charge in [0.25, 0.3) is 0 Å². The summed E-state index contributed by atoms with van der Waals surface area (Å²) in [4.78, 5) is 12.1. The molecule has 0 radical (unpaired) electrons. The molecule has 0 saturated carbocycles. The number of carbonyl (C=O) groups excluding carboxylic acids is 1. The maximum atomic E-state index is 12.1.